The van der Waals surface area contributed by atoms with E-state index < -0.39 is 0 Å². The highest BCUT2D eigenvalue weighted by Gasteiger charge is 2.27. The van der Waals surface area contributed by atoms with Gasteiger partial charge in [0.05, 0.1) is 12.4 Å². The lowest BCUT2D eigenvalue weighted by Gasteiger charge is -2.35. The minimum atomic E-state index is 0.289. The molecule has 1 aromatic rings. The van der Waals surface area contributed by atoms with Gasteiger partial charge in [0.15, 0.2) is 0 Å². The molecular formula is C14H22N4S. The van der Waals surface area contributed by atoms with Crippen LogP contribution in [0.1, 0.15) is 45.2 Å². The van der Waals surface area contributed by atoms with Crippen LogP contribution < -0.4 is 11.1 Å². The third kappa shape index (κ3) is 3.62. The number of rotatable bonds is 4. The number of nitrogens with zero attached hydrogens (tertiary/aromatic N) is 2. The van der Waals surface area contributed by atoms with Gasteiger partial charge in [-0.05, 0) is 24.7 Å². The van der Waals surface area contributed by atoms with E-state index in [4.69, 9.17) is 18.0 Å². The molecule has 0 aromatic carbocycles. The smallest absolute Gasteiger partial charge is 0.144 e. The van der Waals surface area contributed by atoms with Crippen molar-refractivity contribution in [1.29, 1.82) is 0 Å². The Morgan fingerprint density at radius 3 is 2.63 bits per heavy atom. The first-order valence-corrected chi connectivity index (χ1v) is 7.37. The maximum absolute atomic E-state index is 5.52. The molecule has 1 saturated carbocycles. The van der Waals surface area contributed by atoms with Gasteiger partial charge in [-0.15, -0.1) is 0 Å². The molecular weight excluding hydrogens is 256 g/mol. The Balaban J connectivity index is 2.04. The van der Waals surface area contributed by atoms with Gasteiger partial charge in [-0.25, -0.2) is 9.97 Å². The van der Waals surface area contributed by atoms with Crippen LogP contribution in [-0.2, 0) is 0 Å². The minimum Gasteiger partial charge on any atom is -0.388 e. The van der Waals surface area contributed by atoms with Crippen LogP contribution in [0, 0.1) is 11.8 Å². The minimum absolute atomic E-state index is 0.289. The molecule has 0 aliphatic heterocycles. The van der Waals surface area contributed by atoms with Crippen LogP contribution in [0.3, 0.4) is 0 Å². The van der Waals surface area contributed by atoms with Gasteiger partial charge in [0, 0.05) is 6.04 Å². The largest absolute Gasteiger partial charge is 0.388 e. The summed E-state index contributed by atoms with van der Waals surface area (Å²) in [7, 11) is 0. The molecule has 19 heavy (non-hydrogen) atoms. The zero-order valence-electron chi connectivity index (χ0n) is 11.6. The second-order valence-corrected chi connectivity index (χ2v) is 6.03. The van der Waals surface area contributed by atoms with E-state index in [0.29, 0.717) is 23.6 Å². The first-order valence-electron chi connectivity index (χ1n) is 6.96. The number of nitrogens with one attached hydrogen (secondary N) is 1. The van der Waals surface area contributed by atoms with Gasteiger partial charge >= 0.3 is 0 Å². The van der Waals surface area contributed by atoms with E-state index in [1.54, 1.807) is 12.4 Å². The van der Waals surface area contributed by atoms with E-state index in [1.165, 1.54) is 25.7 Å². The van der Waals surface area contributed by atoms with Crippen LogP contribution in [-0.4, -0.2) is 21.0 Å². The van der Waals surface area contributed by atoms with Gasteiger partial charge in [0.25, 0.3) is 0 Å². The van der Waals surface area contributed by atoms with Crippen LogP contribution in [0.5, 0.6) is 0 Å². The van der Waals surface area contributed by atoms with Crippen molar-refractivity contribution < 1.29 is 0 Å². The summed E-state index contributed by atoms with van der Waals surface area (Å²) in [6.07, 6.45) is 8.50. The second kappa shape index (κ2) is 6.28. The Kier molecular flexibility index (Phi) is 4.69. The van der Waals surface area contributed by atoms with E-state index in [0.717, 1.165) is 5.82 Å². The van der Waals surface area contributed by atoms with Gasteiger partial charge in [-0.3, -0.25) is 0 Å². The van der Waals surface area contributed by atoms with Gasteiger partial charge in [-0.1, -0.05) is 38.9 Å². The molecule has 0 radical (unpaired) electrons. The lowest BCUT2D eigenvalue weighted by atomic mass is 9.78. The Hall–Kier alpha value is -1.23. The number of aromatic nitrogens is 2. The van der Waals surface area contributed by atoms with Crippen molar-refractivity contribution in [2.24, 2.45) is 17.6 Å². The molecule has 4 nitrogen and oxygen atoms in total. The number of hydrogen-bond donors (Lipinski definition) is 2. The third-order valence-electron chi connectivity index (χ3n) is 3.91. The Bertz CT molecular complexity index is 430. The molecule has 0 saturated heterocycles. The lowest BCUT2D eigenvalue weighted by molar-refractivity contribution is 0.253. The van der Waals surface area contributed by atoms with Crippen LogP contribution in [0.15, 0.2) is 12.4 Å². The number of anilines is 1. The van der Waals surface area contributed by atoms with Crippen LogP contribution in [0.25, 0.3) is 0 Å². The van der Waals surface area contributed by atoms with Crippen molar-refractivity contribution >= 4 is 23.0 Å². The predicted octanol–water partition coefficient (Wildman–Crippen LogP) is 2.74. The fourth-order valence-electron chi connectivity index (χ4n) is 2.86. The molecule has 0 bridgehead atoms. The van der Waals surface area contributed by atoms with Gasteiger partial charge in [0.2, 0.25) is 0 Å². The molecule has 3 N–H and O–H groups in total. The highest BCUT2D eigenvalue weighted by molar-refractivity contribution is 7.80. The van der Waals surface area contributed by atoms with E-state index in [2.05, 4.69) is 29.1 Å². The van der Waals surface area contributed by atoms with E-state index in [-0.39, 0.29) is 4.99 Å². The quantitative estimate of drug-likeness (QED) is 0.829. The Labute approximate surface area is 120 Å². The van der Waals surface area contributed by atoms with Gasteiger partial charge in [-0.2, -0.15) is 0 Å². The van der Waals surface area contributed by atoms with Crippen molar-refractivity contribution in [3.05, 3.63) is 18.1 Å². The monoisotopic (exact) mass is 278 g/mol. The molecule has 1 heterocycles. The van der Waals surface area contributed by atoms with Crippen LogP contribution in [0.2, 0.25) is 0 Å². The summed E-state index contributed by atoms with van der Waals surface area (Å²) >= 11 is 4.87. The molecule has 0 amide bonds. The van der Waals surface area contributed by atoms with E-state index in [1.807, 2.05) is 0 Å². The molecule has 1 aliphatic rings. The third-order valence-corrected chi connectivity index (χ3v) is 4.12. The molecule has 2 atom stereocenters. The number of nitrogens with two attached hydrogens (primary N) is 1. The molecule has 1 fully saturated rings. The fourth-order valence-corrected chi connectivity index (χ4v) is 2.96. The highest BCUT2D eigenvalue weighted by Crippen LogP contribution is 2.31. The summed E-state index contributed by atoms with van der Waals surface area (Å²) in [4.78, 5) is 8.86. The van der Waals surface area contributed by atoms with Crippen molar-refractivity contribution in [3.63, 3.8) is 0 Å². The number of hydrogen-bond acceptors (Lipinski definition) is 4. The topological polar surface area (TPSA) is 63.8 Å². The SMILES string of the molecule is CC(C)C1CCCCC1Nc1cnc(C(N)=S)cn1. The average Bonchev–Trinajstić information content (AvgIpc) is 2.39. The van der Waals surface area contributed by atoms with Crippen molar-refractivity contribution in [2.75, 3.05) is 5.32 Å². The molecule has 1 aliphatic carbocycles. The van der Waals surface area contributed by atoms with Crippen molar-refractivity contribution in [2.45, 2.75) is 45.6 Å². The lowest BCUT2D eigenvalue weighted by Crippen LogP contribution is -2.35. The molecule has 2 unspecified atom stereocenters. The molecule has 5 heteroatoms. The standard InChI is InChI=1S/C14H22N4S/c1-9(2)10-5-3-4-6-11(10)18-13-8-16-12(7-17-13)14(15)19/h7-11H,3-6H2,1-2H3,(H2,15,19)(H,17,18). The second-order valence-electron chi connectivity index (χ2n) is 5.59. The summed E-state index contributed by atoms with van der Waals surface area (Å²) in [5, 5.41) is 3.52. The number of thiocarbonyl (C=S) groups is 1. The van der Waals surface area contributed by atoms with Crippen LogP contribution in [0.4, 0.5) is 5.82 Å². The highest BCUT2D eigenvalue weighted by atomic mass is 32.1. The predicted molar refractivity (Wildman–Crippen MR) is 82.1 cm³/mol. The van der Waals surface area contributed by atoms with Gasteiger partial charge < -0.3 is 11.1 Å². The Morgan fingerprint density at radius 1 is 1.32 bits per heavy atom. The average molecular weight is 278 g/mol. The summed E-state index contributed by atoms with van der Waals surface area (Å²) in [6, 6.07) is 0.499. The first-order chi connectivity index (χ1) is 9.08. The zero-order chi connectivity index (χ0) is 13.8. The first kappa shape index (κ1) is 14.2. The van der Waals surface area contributed by atoms with Crippen LogP contribution >= 0.6 is 12.2 Å². The molecule has 104 valence electrons. The van der Waals surface area contributed by atoms with E-state index >= 15 is 0 Å². The maximum Gasteiger partial charge on any atom is 0.144 e. The molecule has 2 rings (SSSR count). The normalized spacial score (nSPS) is 23.3. The van der Waals surface area contributed by atoms with Gasteiger partial charge in [0.1, 0.15) is 16.5 Å². The maximum atomic E-state index is 5.52. The van der Waals surface area contributed by atoms with E-state index in [9.17, 15) is 0 Å². The Morgan fingerprint density at radius 2 is 2.05 bits per heavy atom. The summed E-state index contributed by atoms with van der Waals surface area (Å²) in [6.45, 7) is 4.60. The van der Waals surface area contributed by atoms with Crippen molar-refractivity contribution in [1.82, 2.24) is 9.97 Å². The van der Waals surface area contributed by atoms with Crippen molar-refractivity contribution in [3.8, 4) is 0 Å². The summed E-state index contributed by atoms with van der Waals surface area (Å²) in [5.74, 6) is 2.23. The summed E-state index contributed by atoms with van der Waals surface area (Å²) in [5.41, 5.74) is 6.09. The molecule has 1 aromatic heterocycles. The molecule has 0 spiro atoms. The zero-order valence-corrected chi connectivity index (χ0v) is 12.4. The summed E-state index contributed by atoms with van der Waals surface area (Å²) < 4.78 is 0. The fraction of sp³-hybridized carbons (Fsp3) is 0.643.